The molecule has 2 aliphatic heterocycles. The third-order valence-electron chi connectivity index (χ3n) is 5.71. The third kappa shape index (κ3) is 2.21. The molecule has 3 aromatic rings. The van der Waals surface area contributed by atoms with Gasteiger partial charge in [0.25, 0.3) is 5.91 Å². The molecule has 0 saturated carbocycles. The molecule has 28 heavy (non-hydrogen) atoms. The summed E-state index contributed by atoms with van der Waals surface area (Å²) in [4.78, 5) is 26.6. The molecule has 6 heteroatoms. The van der Waals surface area contributed by atoms with E-state index in [2.05, 4.69) is 29.3 Å². The van der Waals surface area contributed by atoms with Gasteiger partial charge >= 0.3 is 0 Å². The van der Waals surface area contributed by atoms with E-state index in [4.69, 9.17) is 0 Å². The molecule has 0 fully saturated rings. The van der Waals surface area contributed by atoms with Gasteiger partial charge in [-0.15, -0.1) is 0 Å². The lowest BCUT2D eigenvalue weighted by Gasteiger charge is -2.52. The van der Waals surface area contributed by atoms with Crippen LogP contribution in [-0.4, -0.2) is 33.8 Å². The molecule has 0 saturated heterocycles. The van der Waals surface area contributed by atoms with Gasteiger partial charge in [-0.1, -0.05) is 54.6 Å². The molecule has 2 aliphatic rings. The smallest absolute Gasteiger partial charge is 0.277 e. The van der Waals surface area contributed by atoms with Crippen molar-refractivity contribution in [3.05, 3.63) is 99.5 Å². The van der Waals surface area contributed by atoms with E-state index >= 15 is 0 Å². The van der Waals surface area contributed by atoms with Crippen molar-refractivity contribution in [2.75, 3.05) is 12.1 Å². The summed E-state index contributed by atoms with van der Waals surface area (Å²) in [6.45, 7) is 0. The van der Waals surface area contributed by atoms with Crippen molar-refractivity contribution in [1.82, 2.24) is 9.58 Å². The highest BCUT2D eigenvalue weighted by atomic mass is 16.3. The lowest BCUT2D eigenvalue weighted by atomic mass is 9.87. The predicted octanol–water partition coefficient (Wildman–Crippen LogP) is 2.25. The molecule has 3 heterocycles. The van der Waals surface area contributed by atoms with Crippen LogP contribution in [0.15, 0.2) is 71.7 Å². The lowest BCUT2D eigenvalue weighted by molar-refractivity contribution is 0.0606. The summed E-state index contributed by atoms with van der Waals surface area (Å²) in [5, 5.41) is 12.4. The zero-order chi connectivity index (χ0) is 19.4. The number of aromatic hydroxyl groups is 1. The molecule has 2 aromatic carbocycles. The van der Waals surface area contributed by atoms with Gasteiger partial charge in [-0.3, -0.25) is 19.3 Å². The van der Waals surface area contributed by atoms with E-state index in [9.17, 15) is 14.7 Å². The second-order valence-electron chi connectivity index (χ2n) is 7.21. The molecule has 0 unspecified atom stereocenters. The number of amides is 1. The van der Waals surface area contributed by atoms with E-state index in [1.165, 1.54) is 11.6 Å². The molecule has 1 aromatic heterocycles. The van der Waals surface area contributed by atoms with E-state index in [1.54, 1.807) is 22.8 Å². The van der Waals surface area contributed by atoms with Crippen LogP contribution >= 0.6 is 0 Å². The summed E-state index contributed by atoms with van der Waals surface area (Å²) in [6, 6.07) is 19.4. The Morgan fingerprint density at radius 3 is 2.46 bits per heavy atom. The Balaban J connectivity index is 1.82. The van der Waals surface area contributed by atoms with Gasteiger partial charge in [0.15, 0.2) is 11.4 Å². The highest BCUT2D eigenvalue weighted by molar-refractivity contribution is 5.96. The largest absolute Gasteiger partial charge is 0.502 e. The second kappa shape index (κ2) is 5.99. The molecular weight excluding hydrogens is 354 g/mol. The molecule has 0 aliphatic carbocycles. The Hall–Kier alpha value is -3.54. The average molecular weight is 373 g/mol. The molecule has 140 valence electrons. The number of rotatable bonds is 1. The fourth-order valence-corrected chi connectivity index (χ4v) is 4.35. The minimum absolute atomic E-state index is 0.00608. The van der Waals surface area contributed by atoms with Crippen LogP contribution in [0.5, 0.6) is 5.75 Å². The van der Waals surface area contributed by atoms with Crippen LogP contribution < -0.4 is 10.4 Å². The fourth-order valence-electron chi connectivity index (χ4n) is 4.35. The quantitative estimate of drug-likeness (QED) is 0.711. The van der Waals surface area contributed by atoms with Crippen LogP contribution in [0.25, 0.3) is 0 Å². The summed E-state index contributed by atoms with van der Waals surface area (Å²) in [6.07, 6.45) is 2.01. The first-order valence-electron chi connectivity index (χ1n) is 9.21. The zero-order valence-electron chi connectivity index (χ0n) is 15.3. The number of carbonyl (C=O) groups is 1. The summed E-state index contributed by atoms with van der Waals surface area (Å²) < 4.78 is 1.65. The van der Waals surface area contributed by atoms with Crippen molar-refractivity contribution in [2.24, 2.45) is 0 Å². The van der Waals surface area contributed by atoms with Gasteiger partial charge in [0.1, 0.15) is 6.17 Å². The van der Waals surface area contributed by atoms with E-state index in [-0.39, 0.29) is 23.8 Å². The van der Waals surface area contributed by atoms with Gasteiger partial charge in [-0.25, -0.2) is 0 Å². The average Bonchev–Trinajstić information content (AvgIpc) is 2.73. The first-order chi connectivity index (χ1) is 13.6. The van der Waals surface area contributed by atoms with Gasteiger partial charge in [-0.05, 0) is 16.7 Å². The predicted molar refractivity (Wildman–Crippen MR) is 105 cm³/mol. The Labute approximate surface area is 161 Å². The molecular formula is C22H19N3O3. The number of hydrogen-bond donors (Lipinski definition) is 1. The van der Waals surface area contributed by atoms with Gasteiger partial charge in [0.2, 0.25) is 5.43 Å². The third-order valence-corrected chi connectivity index (χ3v) is 5.71. The Kier molecular flexibility index (Phi) is 3.55. The molecule has 1 N–H and O–H groups in total. The number of benzene rings is 2. The number of hydrogen-bond acceptors (Lipinski definition) is 4. The van der Waals surface area contributed by atoms with Crippen molar-refractivity contribution in [2.45, 2.75) is 18.6 Å². The highest BCUT2D eigenvalue weighted by Crippen LogP contribution is 2.40. The first-order valence-corrected chi connectivity index (χ1v) is 9.21. The minimum atomic E-state index is -0.555. The number of nitrogens with zero attached hydrogens (tertiary/aromatic N) is 3. The topological polar surface area (TPSA) is 65.8 Å². The van der Waals surface area contributed by atoms with Crippen molar-refractivity contribution < 1.29 is 9.90 Å². The highest BCUT2D eigenvalue weighted by Gasteiger charge is 2.44. The summed E-state index contributed by atoms with van der Waals surface area (Å²) in [5.74, 6) is -0.869. The maximum absolute atomic E-state index is 13.0. The molecule has 0 bridgehead atoms. The maximum atomic E-state index is 13.0. The van der Waals surface area contributed by atoms with Crippen molar-refractivity contribution in [1.29, 1.82) is 0 Å². The number of pyridine rings is 1. The fraction of sp³-hybridized carbons (Fsp3) is 0.182. The van der Waals surface area contributed by atoms with Crippen molar-refractivity contribution >= 4 is 5.91 Å². The second-order valence-corrected chi connectivity index (χ2v) is 7.21. The van der Waals surface area contributed by atoms with Crippen LogP contribution in [0.4, 0.5) is 0 Å². The van der Waals surface area contributed by atoms with Crippen molar-refractivity contribution in [3.8, 4) is 5.75 Å². The van der Waals surface area contributed by atoms with Crippen LogP contribution in [0.2, 0.25) is 0 Å². The summed E-state index contributed by atoms with van der Waals surface area (Å²) in [5.41, 5.74) is 2.86. The summed E-state index contributed by atoms with van der Waals surface area (Å²) >= 11 is 0. The van der Waals surface area contributed by atoms with E-state index in [0.29, 0.717) is 6.42 Å². The first kappa shape index (κ1) is 16.6. The zero-order valence-corrected chi connectivity index (χ0v) is 15.3. The van der Waals surface area contributed by atoms with Crippen molar-refractivity contribution in [3.63, 3.8) is 0 Å². The molecule has 1 amide bonds. The Bertz CT molecular complexity index is 1140. The van der Waals surface area contributed by atoms with Crippen LogP contribution in [0.3, 0.4) is 0 Å². The lowest BCUT2D eigenvalue weighted by Crippen LogP contribution is -2.63. The van der Waals surface area contributed by atoms with Crippen LogP contribution in [0, 0.1) is 0 Å². The molecule has 2 atom stereocenters. The Morgan fingerprint density at radius 2 is 1.68 bits per heavy atom. The van der Waals surface area contributed by atoms with Gasteiger partial charge in [0, 0.05) is 25.7 Å². The normalized spacial score (nSPS) is 20.4. The van der Waals surface area contributed by atoms with Gasteiger partial charge < -0.3 is 10.0 Å². The number of likely N-dealkylation sites (N-methyl/N-ethyl adjacent to an activating group) is 1. The number of carbonyl (C=O) groups excluding carboxylic acids is 1. The summed E-state index contributed by atoms with van der Waals surface area (Å²) in [7, 11) is 1.72. The minimum Gasteiger partial charge on any atom is -0.502 e. The van der Waals surface area contributed by atoms with E-state index in [1.807, 2.05) is 30.3 Å². The standard InChI is InChI=1S/C22H19N3O3/c1-23-18-13-15-9-5-6-10-16(15)19(14-7-3-2-4-8-14)25(18)24-12-11-17(26)21(27)20(24)22(23)28/h2-12,18-19,27H,13H2,1H3/t18-,19+/m0/s1. The van der Waals surface area contributed by atoms with Gasteiger partial charge in [0.05, 0.1) is 6.04 Å². The molecule has 6 nitrogen and oxygen atoms in total. The molecule has 0 spiro atoms. The van der Waals surface area contributed by atoms with Crippen LogP contribution in [0.1, 0.15) is 33.2 Å². The van der Waals surface area contributed by atoms with Gasteiger partial charge in [-0.2, -0.15) is 0 Å². The van der Waals surface area contributed by atoms with Crippen LogP contribution in [-0.2, 0) is 6.42 Å². The molecule has 0 radical (unpaired) electrons. The molecule has 5 rings (SSSR count). The monoisotopic (exact) mass is 373 g/mol. The van der Waals surface area contributed by atoms with E-state index < -0.39 is 11.2 Å². The number of fused-ring (bicyclic) bond motifs is 4. The number of aromatic nitrogens is 1. The SMILES string of the molecule is CN1C(=O)c2c(O)c(=O)ccn2N2[C@H](c3ccccc3)c3ccccc3C[C@@H]12. The van der Waals surface area contributed by atoms with E-state index in [0.717, 1.165) is 11.1 Å². The maximum Gasteiger partial charge on any atom is 0.277 e. The Morgan fingerprint density at radius 1 is 0.964 bits per heavy atom.